The van der Waals surface area contributed by atoms with E-state index in [9.17, 15) is 14.4 Å². The van der Waals surface area contributed by atoms with Gasteiger partial charge in [-0.05, 0) is 50.5 Å². The van der Waals surface area contributed by atoms with Crippen LogP contribution in [0.5, 0.6) is 0 Å². The molecule has 1 unspecified atom stereocenters. The van der Waals surface area contributed by atoms with Gasteiger partial charge in [-0.15, -0.1) is 0 Å². The van der Waals surface area contributed by atoms with Gasteiger partial charge >= 0.3 is 11.9 Å². The Morgan fingerprint density at radius 2 is 1.45 bits per heavy atom. The summed E-state index contributed by atoms with van der Waals surface area (Å²) in [6, 6.07) is 12.4. The van der Waals surface area contributed by atoms with Crippen LogP contribution in [0.25, 0.3) is 0 Å². The number of ether oxygens (including phenoxy) is 2. The van der Waals surface area contributed by atoms with Crippen molar-refractivity contribution in [1.29, 1.82) is 0 Å². The van der Waals surface area contributed by atoms with E-state index in [0.29, 0.717) is 17.5 Å². The van der Waals surface area contributed by atoms with Gasteiger partial charge in [-0.25, -0.2) is 9.59 Å². The second-order valence-corrected chi connectivity index (χ2v) is 7.79. The highest BCUT2D eigenvalue weighted by Crippen LogP contribution is 2.24. The third-order valence-corrected chi connectivity index (χ3v) is 5.06. The minimum absolute atomic E-state index is 0.0138. The second-order valence-electron chi connectivity index (χ2n) is 7.79. The Balaban J connectivity index is 1.99. The molecule has 0 saturated heterocycles. The average Bonchev–Trinajstić information content (AvgIpc) is 2.70. The van der Waals surface area contributed by atoms with Gasteiger partial charge in [-0.1, -0.05) is 49.7 Å². The van der Waals surface area contributed by atoms with Crippen molar-refractivity contribution < 1.29 is 23.9 Å². The van der Waals surface area contributed by atoms with E-state index in [2.05, 4.69) is 0 Å². The molecule has 0 heterocycles. The lowest BCUT2D eigenvalue weighted by molar-refractivity contribution is -0.142. The molecule has 0 saturated carbocycles. The number of ketones is 1. The van der Waals surface area contributed by atoms with Crippen molar-refractivity contribution in [2.45, 2.75) is 41.0 Å². The van der Waals surface area contributed by atoms with Crippen LogP contribution in [0.1, 0.15) is 57.7 Å². The third kappa shape index (κ3) is 5.76. The number of hydrogen-bond donors (Lipinski definition) is 0. The summed E-state index contributed by atoms with van der Waals surface area (Å²) < 4.78 is 10.7. The number of carbonyl (C=O) groups is 3. The fourth-order valence-corrected chi connectivity index (χ4v) is 3.09. The largest absolute Gasteiger partial charge is 0.461 e. The third-order valence-electron chi connectivity index (χ3n) is 5.06. The zero-order chi connectivity index (χ0) is 21.6. The van der Waals surface area contributed by atoms with Crippen LogP contribution in [-0.2, 0) is 14.3 Å². The lowest BCUT2D eigenvalue weighted by Gasteiger charge is -2.27. The zero-order valence-corrected chi connectivity index (χ0v) is 17.7. The summed E-state index contributed by atoms with van der Waals surface area (Å²) in [5.41, 5.74) is 2.79. The van der Waals surface area contributed by atoms with Crippen LogP contribution in [0, 0.1) is 26.2 Å². The molecular weight excluding hydrogens is 368 g/mol. The normalized spacial score (nSPS) is 12.7. The van der Waals surface area contributed by atoms with Crippen molar-refractivity contribution >= 4 is 17.7 Å². The smallest absolute Gasteiger partial charge is 0.379 e. The first-order valence-corrected chi connectivity index (χ1v) is 9.68. The molecule has 0 aromatic heterocycles. The van der Waals surface area contributed by atoms with E-state index in [1.54, 1.807) is 38.1 Å². The number of benzene rings is 2. The van der Waals surface area contributed by atoms with E-state index in [4.69, 9.17) is 9.47 Å². The predicted molar refractivity (Wildman–Crippen MR) is 111 cm³/mol. The summed E-state index contributed by atoms with van der Waals surface area (Å²) in [6.07, 6.45) is 0.610. The summed E-state index contributed by atoms with van der Waals surface area (Å²) in [7, 11) is 0. The second kappa shape index (κ2) is 9.50. The van der Waals surface area contributed by atoms with E-state index < -0.39 is 23.1 Å². The zero-order valence-electron chi connectivity index (χ0n) is 17.7. The number of carbonyl (C=O) groups excluding carboxylic acids is 3. The minimum Gasteiger partial charge on any atom is -0.461 e. The molecule has 0 amide bonds. The topological polar surface area (TPSA) is 69.7 Å². The van der Waals surface area contributed by atoms with Crippen molar-refractivity contribution in [3.05, 3.63) is 70.3 Å². The van der Waals surface area contributed by atoms with E-state index in [1.807, 2.05) is 39.0 Å². The molecule has 29 heavy (non-hydrogen) atoms. The first kappa shape index (κ1) is 22.3. The molecular formula is C24H28O5. The van der Waals surface area contributed by atoms with Crippen LogP contribution in [0.15, 0.2) is 42.5 Å². The van der Waals surface area contributed by atoms with Crippen LogP contribution in [-0.4, -0.2) is 30.9 Å². The monoisotopic (exact) mass is 396 g/mol. The summed E-state index contributed by atoms with van der Waals surface area (Å²) >= 11 is 0. The summed E-state index contributed by atoms with van der Waals surface area (Å²) in [5.74, 6) is -1.98. The molecule has 0 N–H and O–H groups in total. The minimum atomic E-state index is -0.894. The van der Waals surface area contributed by atoms with Crippen LogP contribution in [0.3, 0.4) is 0 Å². The number of rotatable bonds is 8. The van der Waals surface area contributed by atoms with E-state index in [1.165, 1.54) is 0 Å². The molecule has 0 radical (unpaired) electrons. The van der Waals surface area contributed by atoms with E-state index in [0.717, 1.165) is 16.7 Å². The van der Waals surface area contributed by atoms with Gasteiger partial charge in [0.15, 0.2) is 0 Å². The maximum atomic E-state index is 12.6. The number of aryl methyl sites for hydroxylation is 3. The number of Topliss-reactive ketones (excluding diaryl/α,β-unsaturated/α-hetero) is 1. The van der Waals surface area contributed by atoms with Crippen molar-refractivity contribution in [2.75, 3.05) is 13.2 Å². The molecule has 2 aromatic carbocycles. The van der Waals surface area contributed by atoms with Gasteiger partial charge in [-0.2, -0.15) is 0 Å². The Kier molecular flexibility index (Phi) is 7.32. The van der Waals surface area contributed by atoms with Crippen molar-refractivity contribution in [2.24, 2.45) is 5.41 Å². The molecule has 1 atom stereocenters. The Labute approximate surface area is 172 Å². The lowest BCUT2D eigenvalue weighted by atomic mass is 9.89. The number of esters is 2. The van der Waals surface area contributed by atoms with Crippen LogP contribution < -0.4 is 0 Å². The highest BCUT2D eigenvalue weighted by atomic mass is 16.6. The van der Waals surface area contributed by atoms with Crippen molar-refractivity contribution in [3.8, 4) is 0 Å². The van der Waals surface area contributed by atoms with E-state index in [-0.39, 0.29) is 13.2 Å². The molecule has 0 aliphatic rings. The molecule has 2 aromatic rings. The first-order valence-electron chi connectivity index (χ1n) is 9.68. The molecule has 154 valence electrons. The van der Waals surface area contributed by atoms with Gasteiger partial charge in [-0.3, -0.25) is 4.79 Å². The Morgan fingerprint density at radius 3 is 2.00 bits per heavy atom. The Hall–Kier alpha value is -2.95. The van der Waals surface area contributed by atoms with Gasteiger partial charge in [0.1, 0.15) is 13.2 Å². The van der Waals surface area contributed by atoms with Crippen molar-refractivity contribution in [3.63, 3.8) is 0 Å². The predicted octanol–water partition coefficient (Wildman–Crippen LogP) is 4.61. The first-order chi connectivity index (χ1) is 13.7. The molecule has 5 nitrogen and oxygen atoms in total. The fourth-order valence-electron chi connectivity index (χ4n) is 3.09. The summed E-state index contributed by atoms with van der Waals surface area (Å²) in [6.45, 7) is 9.39. The molecule has 2 rings (SSSR count). The summed E-state index contributed by atoms with van der Waals surface area (Å²) in [4.78, 5) is 37.1. The highest BCUT2D eigenvalue weighted by molar-refractivity contribution is 6.41. The molecule has 0 bridgehead atoms. The standard InChI is InChI=1S/C24H28O5/c1-6-24(5,14-28-22(26)19-10-8-7-9-11-19)15-29-23(27)21(25)20-17(3)12-16(2)13-18(20)4/h7-13H,6,14-15H2,1-5H3. The Bertz CT molecular complexity index is 878. The quantitative estimate of drug-likeness (QED) is 0.370. The van der Waals surface area contributed by atoms with Crippen LogP contribution >= 0.6 is 0 Å². The average molecular weight is 396 g/mol. The van der Waals surface area contributed by atoms with Crippen LogP contribution in [0.4, 0.5) is 0 Å². The maximum absolute atomic E-state index is 12.6. The molecule has 0 aliphatic carbocycles. The maximum Gasteiger partial charge on any atom is 0.379 e. The van der Waals surface area contributed by atoms with Gasteiger partial charge in [0, 0.05) is 11.0 Å². The lowest BCUT2D eigenvalue weighted by Crippen LogP contribution is -2.32. The fraction of sp³-hybridized carbons (Fsp3) is 0.375. The van der Waals surface area contributed by atoms with Crippen LogP contribution in [0.2, 0.25) is 0 Å². The highest BCUT2D eigenvalue weighted by Gasteiger charge is 2.29. The SMILES string of the molecule is CCC(C)(COC(=O)C(=O)c1c(C)cc(C)cc1C)COC(=O)c1ccccc1. The van der Waals surface area contributed by atoms with Gasteiger partial charge in [0.25, 0.3) is 5.78 Å². The van der Waals surface area contributed by atoms with Gasteiger partial charge in [0.2, 0.25) is 0 Å². The molecule has 0 aliphatic heterocycles. The molecule has 0 fully saturated rings. The molecule has 5 heteroatoms. The van der Waals surface area contributed by atoms with Crippen molar-refractivity contribution in [1.82, 2.24) is 0 Å². The molecule has 0 spiro atoms. The number of hydrogen-bond acceptors (Lipinski definition) is 5. The van der Waals surface area contributed by atoms with E-state index >= 15 is 0 Å². The summed E-state index contributed by atoms with van der Waals surface area (Å²) in [5, 5.41) is 0. The van der Waals surface area contributed by atoms with Gasteiger partial charge in [0.05, 0.1) is 5.56 Å². The Morgan fingerprint density at radius 1 is 0.897 bits per heavy atom. The van der Waals surface area contributed by atoms with Gasteiger partial charge < -0.3 is 9.47 Å².